The van der Waals surface area contributed by atoms with Gasteiger partial charge in [0.15, 0.2) is 5.13 Å². The van der Waals surface area contributed by atoms with Crippen LogP contribution in [0.5, 0.6) is 5.75 Å². The van der Waals surface area contributed by atoms with E-state index >= 15 is 0 Å². The van der Waals surface area contributed by atoms with E-state index in [1.54, 1.807) is 12.1 Å². The number of fused-ring (bicyclic) bond motifs is 1. The molecule has 1 aliphatic heterocycles. The molecule has 0 radical (unpaired) electrons. The zero-order chi connectivity index (χ0) is 17.9. The van der Waals surface area contributed by atoms with Gasteiger partial charge in [-0.3, -0.25) is 15.0 Å². The van der Waals surface area contributed by atoms with Crippen LogP contribution in [0.3, 0.4) is 0 Å². The number of phenols is 1. The van der Waals surface area contributed by atoms with Gasteiger partial charge in [-0.25, -0.2) is 4.98 Å². The van der Waals surface area contributed by atoms with Gasteiger partial charge in [0, 0.05) is 11.9 Å². The molecule has 134 valence electrons. The predicted molar refractivity (Wildman–Crippen MR) is 105 cm³/mol. The molecule has 0 unspecified atom stereocenters. The molecular weight excluding hydrogens is 346 g/mol. The zero-order valence-corrected chi connectivity index (χ0v) is 15.3. The minimum Gasteiger partial charge on any atom is -0.507 e. The third-order valence-electron chi connectivity index (χ3n) is 4.72. The summed E-state index contributed by atoms with van der Waals surface area (Å²) in [7, 11) is 0. The molecule has 0 bridgehead atoms. The molecule has 26 heavy (non-hydrogen) atoms. The first-order chi connectivity index (χ1) is 12.7. The number of hydrogen-bond donors (Lipinski definition) is 2. The maximum atomic E-state index is 12.6. The molecule has 0 spiro atoms. The monoisotopic (exact) mass is 367 g/mol. The van der Waals surface area contributed by atoms with E-state index < -0.39 is 0 Å². The summed E-state index contributed by atoms with van der Waals surface area (Å²) in [4.78, 5) is 19.5. The highest BCUT2D eigenvalue weighted by atomic mass is 32.1. The molecule has 1 aromatic heterocycles. The topological polar surface area (TPSA) is 65.5 Å². The molecule has 5 nitrogen and oxygen atoms in total. The Balaban J connectivity index is 1.47. The molecule has 1 fully saturated rings. The summed E-state index contributed by atoms with van der Waals surface area (Å²) in [5.74, 6) is -0.363. The number of nitrogens with zero attached hydrogens (tertiary/aromatic N) is 2. The van der Waals surface area contributed by atoms with Gasteiger partial charge in [-0.2, -0.15) is 0 Å². The van der Waals surface area contributed by atoms with E-state index in [1.807, 2.05) is 29.6 Å². The molecule has 0 saturated carbocycles. The zero-order valence-electron chi connectivity index (χ0n) is 14.4. The highest BCUT2D eigenvalue weighted by Crippen LogP contribution is 2.26. The van der Waals surface area contributed by atoms with Crippen LogP contribution in [0.25, 0.3) is 10.8 Å². The van der Waals surface area contributed by atoms with Gasteiger partial charge in [-0.05, 0) is 48.8 Å². The van der Waals surface area contributed by atoms with Crippen molar-refractivity contribution in [2.24, 2.45) is 0 Å². The molecule has 0 aliphatic carbocycles. The van der Waals surface area contributed by atoms with Gasteiger partial charge in [0.2, 0.25) is 0 Å². The van der Waals surface area contributed by atoms with Gasteiger partial charge in [0.25, 0.3) is 5.91 Å². The molecule has 3 aromatic rings. The number of carbonyl (C=O) groups is 1. The Labute approximate surface area is 156 Å². The highest BCUT2D eigenvalue weighted by molar-refractivity contribution is 7.14. The standard InChI is InChI=1S/C20H21N3O2S/c24-18-11-15-7-3-2-6-14(15)10-17(18)19(25)22-20-21-16(13-26-20)12-23-8-4-1-5-9-23/h2-3,6-7,10-11,13,24H,1,4-5,8-9,12H2,(H,21,22,25). The molecule has 2 heterocycles. The van der Waals surface area contributed by atoms with Crippen molar-refractivity contribution in [3.63, 3.8) is 0 Å². The fourth-order valence-corrected chi connectivity index (χ4v) is 4.05. The number of piperidine rings is 1. The Morgan fingerprint density at radius 3 is 2.65 bits per heavy atom. The number of carbonyl (C=O) groups excluding carboxylic acids is 1. The maximum Gasteiger partial charge on any atom is 0.261 e. The molecular formula is C20H21N3O2S. The number of aromatic hydroxyl groups is 1. The number of anilines is 1. The summed E-state index contributed by atoms with van der Waals surface area (Å²) in [5.41, 5.74) is 1.24. The van der Waals surface area contributed by atoms with Crippen molar-refractivity contribution in [1.29, 1.82) is 0 Å². The number of nitrogens with one attached hydrogen (secondary N) is 1. The van der Waals surface area contributed by atoms with Crippen LogP contribution in [0.4, 0.5) is 5.13 Å². The average Bonchev–Trinajstić information content (AvgIpc) is 3.08. The van der Waals surface area contributed by atoms with Crippen molar-refractivity contribution in [2.45, 2.75) is 25.8 Å². The van der Waals surface area contributed by atoms with Crippen LogP contribution < -0.4 is 5.32 Å². The van der Waals surface area contributed by atoms with Gasteiger partial charge < -0.3 is 5.11 Å². The number of amides is 1. The fourth-order valence-electron chi connectivity index (χ4n) is 3.36. The first kappa shape index (κ1) is 17.0. The summed E-state index contributed by atoms with van der Waals surface area (Å²) in [6, 6.07) is 11.0. The van der Waals surface area contributed by atoms with E-state index in [0.29, 0.717) is 5.13 Å². The number of benzene rings is 2. The molecule has 0 atom stereocenters. The van der Waals surface area contributed by atoms with Crippen LogP contribution >= 0.6 is 11.3 Å². The molecule has 6 heteroatoms. The smallest absolute Gasteiger partial charge is 0.261 e. The van der Waals surface area contributed by atoms with E-state index in [1.165, 1.54) is 30.6 Å². The van der Waals surface area contributed by atoms with Crippen molar-refractivity contribution in [1.82, 2.24) is 9.88 Å². The maximum absolute atomic E-state index is 12.6. The Kier molecular flexibility index (Phi) is 4.86. The van der Waals surface area contributed by atoms with Crippen LogP contribution in [-0.4, -0.2) is 34.0 Å². The summed E-state index contributed by atoms with van der Waals surface area (Å²) in [5, 5.41) is 17.4. The number of aromatic nitrogens is 1. The Hall–Kier alpha value is -2.44. The van der Waals surface area contributed by atoms with Crippen LogP contribution in [0.15, 0.2) is 41.8 Å². The number of thiazole rings is 1. The van der Waals surface area contributed by atoms with Gasteiger partial charge in [-0.1, -0.05) is 30.7 Å². The Bertz CT molecular complexity index is 932. The van der Waals surface area contributed by atoms with Crippen molar-refractivity contribution in [2.75, 3.05) is 18.4 Å². The normalized spacial score (nSPS) is 15.2. The van der Waals surface area contributed by atoms with E-state index in [4.69, 9.17) is 0 Å². The number of likely N-dealkylation sites (tertiary alicyclic amines) is 1. The number of hydrogen-bond acceptors (Lipinski definition) is 5. The predicted octanol–water partition coefficient (Wildman–Crippen LogP) is 4.24. The quantitative estimate of drug-likeness (QED) is 0.724. The minimum absolute atomic E-state index is 0.0219. The molecule has 1 saturated heterocycles. The molecule has 4 rings (SSSR count). The van der Waals surface area contributed by atoms with E-state index in [2.05, 4.69) is 15.2 Å². The lowest BCUT2D eigenvalue weighted by atomic mass is 10.1. The minimum atomic E-state index is -0.341. The summed E-state index contributed by atoms with van der Waals surface area (Å²) >= 11 is 1.42. The van der Waals surface area contributed by atoms with Crippen LogP contribution in [0, 0.1) is 0 Å². The van der Waals surface area contributed by atoms with Crippen molar-refractivity contribution < 1.29 is 9.90 Å². The lowest BCUT2D eigenvalue weighted by Gasteiger charge is -2.25. The molecule has 1 amide bonds. The van der Waals surface area contributed by atoms with E-state index in [9.17, 15) is 9.90 Å². The summed E-state index contributed by atoms with van der Waals surface area (Å²) in [6.07, 6.45) is 3.80. The second-order valence-electron chi connectivity index (χ2n) is 6.65. The second-order valence-corrected chi connectivity index (χ2v) is 7.51. The lowest BCUT2D eigenvalue weighted by molar-refractivity contribution is 0.102. The van der Waals surface area contributed by atoms with Gasteiger partial charge in [0.1, 0.15) is 5.75 Å². The van der Waals surface area contributed by atoms with Gasteiger partial charge >= 0.3 is 0 Å². The summed E-state index contributed by atoms with van der Waals surface area (Å²) in [6.45, 7) is 3.06. The van der Waals surface area contributed by atoms with E-state index in [0.717, 1.165) is 36.1 Å². The Morgan fingerprint density at radius 2 is 1.88 bits per heavy atom. The van der Waals surface area contributed by atoms with Crippen molar-refractivity contribution in [3.05, 3.63) is 53.0 Å². The van der Waals surface area contributed by atoms with Gasteiger partial charge in [0.05, 0.1) is 11.3 Å². The average molecular weight is 367 g/mol. The van der Waals surface area contributed by atoms with E-state index in [-0.39, 0.29) is 17.2 Å². The third-order valence-corrected chi connectivity index (χ3v) is 5.52. The van der Waals surface area contributed by atoms with Gasteiger partial charge in [-0.15, -0.1) is 11.3 Å². The first-order valence-corrected chi connectivity index (χ1v) is 9.77. The largest absolute Gasteiger partial charge is 0.507 e. The molecule has 1 aliphatic rings. The fraction of sp³-hybridized carbons (Fsp3) is 0.300. The number of rotatable bonds is 4. The van der Waals surface area contributed by atoms with Crippen LogP contribution in [0.2, 0.25) is 0 Å². The van der Waals surface area contributed by atoms with Crippen molar-refractivity contribution >= 4 is 33.1 Å². The lowest BCUT2D eigenvalue weighted by Crippen LogP contribution is -2.29. The molecule has 2 aromatic carbocycles. The highest BCUT2D eigenvalue weighted by Gasteiger charge is 2.16. The first-order valence-electron chi connectivity index (χ1n) is 8.89. The SMILES string of the molecule is O=C(Nc1nc(CN2CCCCC2)cs1)c1cc2ccccc2cc1O. The molecule has 2 N–H and O–H groups in total. The third kappa shape index (κ3) is 3.71. The van der Waals surface area contributed by atoms with Crippen molar-refractivity contribution in [3.8, 4) is 5.75 Å². The number of phenolic OH excluding ortho intramolecular Hbond substituents is 1. The van der Waals surface area contributed by atoms with Crippen LogP contribution in [-0.2, 0) is 6.54 Å². The summed E-state index contributed by atoms with van der Waals surface area (Å²) < 4.78 is 0. The van der Waals surface area contributed by atoms with Crippen LogP contribution in [0.1, 0.15) is 35.3 Å². The second kappa shape index (κ2) is 7.43. The Morgan fingerprint density at radius 1 is 1.15 bits per heavy atom.